The van der Waals surface area contributed by atoms with Crippen LogP contribution >= 0.6 is 0 Å². The van der Waals surface area contributed by atoms with Crippen LogP contribution in [0.3, 0.4) is 0 Å². The van der Waals surface area contributed by atoms with Crippen molar-refractivity contribution in [1.29, 1.82) is 0 Å². The lowest BCUT2D eigenvalue weighted by molar-refractivity contribution is -0.142. The minimum Gasteiger partial charge on any atom is -0.480 e. The van der Waals surface area contributed by atoms with E-state index in [4.69, 9.17) is 5.11 Å². The van der Waals surface area contributed by atoms with Gasteiger partial charge in [0.15, 0.2) is 0 Å². The highest BCUT2D eigenvalue weighted by molar-refractivity contribution is 5.97. The molecular formula is C15H20N2O4. The van der Waals surface area contributed by atoms with Gasteiger partial charge in [0.25, 0.3) is 5.91 Å². The number of hydrogen-bond donors (Lipinski definition) is 3. The largest absolute Gasteiger partial charge is 0.480 e. The summed E-state index contributed by atoms with van der Waals surface area (Å²) in [6.45, 7) is 5.00. The van der Waals surface area contributed by atoms with Gasteiger partial charge in [-0.2, -0.15) is 0 Å². The van der Waals surface area contributed by atoms with Gasteiger partial charge in [-0.1, -0.05) is 31.5 Å². The molecule has 6 nitrogen and oxygen atoms in total. The summed E-state index contributed by atoms with van der Waals surface area (Å²) in [5.74, 6) is -2.23. The lowest BCUT2D eigenvalue weighted by Gasteiger charge is -2.18. The van der Waals surface area contributed by atoms with Gasteiger partial charge in [0, 0.05) is 5.56 Å². The Morgan fingerprint density at radius 1 is 1.24 bits per heavy atom. The van der Waals surface area contributed by atoms with Crippen molar-refractivity contribution in [3.8, 4) is 0 Å². The Bertz CT molecular complexity index is 540. The van der Waals surface area contributed by atoms with E-state index in [-0.39, 0.29) is 18.4 Å². The van der Waals surface area contributed by atoms with Crippen molar-refractivity contribution in [2.45, 2.75) is 26.8 Å². The fourth-order valence-corrected chi connectivity index (χ4v) is 1.79. The van der Waals surface area contributed by atoms with Gasteiger partial charge in [0.1, 0.15) is 6.04 Å². The maximum Gasteiger partial charge on any atom is 0.326 e. The van der Waals surface area contributed by atoms with Crippen molar-refractivity contribution in [1.82, 2.24) is 10.6 Å². The van der Waals surface area contributed by atoms with E-state index in [1.807, 2.05) is 13.0 Å². The summed E-state index contributed by atoms with van der Waals surface area (Å²) in [5.41, 5.74) is 1.40. The summed E-state index contributed by atoms with van der Waals surface area (Å²) < 4.78 is 0. The average molecular weight is 292 g/mol. The molecule has 3 N–H and O–H groups in total. The standard InChI is InChI=1S/C15H20N2O4/c1-9(2)13(15(20)21)17-12(18)8-16-14(19)11-6-4-5-10(3)7-11/h4-7,9,13H,8H2,1-3H3,(H,16,19)(H,17,18)(H,20,21). The summed E-state index contributed by atoms with van der Waals surface area (Å²) in [5, 5.41) is 13.8. The number of aliphatic carboxylic acids is 1. The molecule has 0 aliphatic carbocycles. The van der Waals surface area contributed by atoms with E-state index in [1.165, 1.54) is 0 Å². The first-order chi connectivity index (χ1) is 9.81. The van der Waals surface area contributed by atoms with Gasteiger partial charge in [-0.15, -0.1) is 0 Å². The Hall–Kier alpha value is -2.37. The molecular weight excluding hydrogens is 272 g/mol. The molecule has 1 rings (SSSR count). The molecule has 0 saturated heterocycles. The van der Waals surface area contributed by atoms with E-state index in [0.29, 0.717) is 5.56 Å². The molecule has 0 heterocycles. The highest BCUT2D eigenvalue weighted by Crippen LogP contribution is 2.04. The van der Waals surface area contributed by atoms with Crippen LogP contribution in [0, 0.1) is 12.8 Å². The van der Waals surface area contributed by atoms with Crippen LogP contribution in [0.5, 0.6) is 0 Å². The van der Waals surface area contributed by atoms with E-state index in [0.717, 1.165) is 5.56 Å². The summed E-state index contributed by atoms with van der Waals surface area (Å²) in [7, 11) is 0. The number of carboxylic acids is 1. The summed E-state index contributed by atoms with van der Waals surface area (Å²) in [4.78, 5) is 34.5. The zero-order chi connectivity index (χ0) is 16.0. The van der Waals surface area contributed by atoms with Crippen LogP contribution in [-0.2, 0) is 9.59 Å². The molecule has 1 atom stereocenters. The van der Waals surface area contributed by atoms with Gasteiger partial charge < -0.3 is 15.7 Å². The minimum absolute atomic E-state index is 0.237. The Kier molecular flexibility index (Phi) is 5.90. The number of carbonyl (C=O) groups excluding carboxylic acids is 2. The smallest absolute Gasteiger partial charge is 0.326 e. The summed E-state index contributed by atoms with van der Waals surface area (Å²) in [6.07, 6.45) is 0. The van der Waals surface area contributed by atoms with Gasteiger partial charge in [-0.25, -0.2) is 4.79 Å². The third-order valence-electron chi connectivity index (χ3n) is 2.94. The Balaban J connectivity index is 2.53. The third kappa shape index (κ3) is 5.25. The van der Waals surface area contributed by atoms with E-state index in [1.54, 1.807) is 32.0 Å². The fourth-order valence-electron chi connectivity index (χ4n) is 1.79. The molecule has 114 valence electrons. The van der Waals surface area contributed by atoms with E-state index in [2.05, 4.69) is 10.6 Å². The molecule has 0 saturated carbocycles. The van der Waals surface area contributed by atoms with Gasteiger partial charge >= 0.3 is 5.97 Å². The highest BCUT2D eigenvalue weighted by atomic mass is 16.4. The molecule has 0 aliphatic heterocycles. The Morgan fingerprint density at radius 2 is 1.90 bits per heavy atom. The zero-order valence-corrected chi connectivity index (χ0v) is 12.3. The fraction of sp³-hybridized carbons (Fsp3) is 0.400. The van der Waals surface area contributed by atoms with Crippen molar-refractivity contribution >= 4 is 17.8 Å². The monoisotopic (exact) mass is 292 g/mol. The molecule has 1 unspecified atom stereocenters. The second-order valence-electron chi connectivity index (χ2n) is 5.18. The molecule has 1 aromatic rings. The number of aryl methyl sites for hydroxylation is 1. The second-order valence-corrected chi connectivity index (χ2v) is 5.18. The molecule has 2 amide bonds. The van der Waals surface area contributed by atoms with E-state index < -0.39 is 17.9 Å². The average Bonchev–Trinajstić information content (AvgIpc) is 2.41. The van der Waals surface area contributed by atoms with Crippen LogP contribution in [0.1, 0.15) is 29.8 Å². The molecule has 1 aromatic carbocycles. The quantitative estimate of drug-likeness (QED) is 0.727. The van der Waals surface area contributed by atoms with E-state index in [9.17, 15) is 14.4 Å². The van der Waals surface area contributed by atoms with Crippen molar-refractivity contribution in [2.24, 2.45) is 5.92 Å². The van der Waals surface area contributed by atoms with E-state index >= 15 is 0 Å². The van der Waals surface area contributed by atoms with Crippen LogP contribution in [0.25, 0.3) is 0 Å². The van der Waals surface area contributed by atoms with Gasteiger partial charge in [-0.05, 0) is 25.0 Å². The summed E-state index contributed by atoms with van der Waals surface area (Å²) >= 11 is 0. The lowest BCUT2D eigenvalue weighted by Crippen LogP contribution is -2.48. The van der Waals surface area contributed by atoms with Crippen LogP contribution < -0.4 is 10.6 Å². The van der Waals surface area contributed by atoms with Crippen LogP contribution in [0.15, 0.2) is 24.3 Å². The number of amides is 2. The molecule has 21 heavy (non-hydrogen) atoms. The number of rotatable bonds is 6. The number of carbonyl (C=O) groups is 3. The number of nitrogens with one attached hydrogen (secondary N) is 2. The van der Waals surface area contributed by atoms with Gasteiger partial charge in [0.05, 0.1) is 6.54 Å². The minimum atomic E-state index is -1.09. The van der Waals surface area contributed by atoms with Crippen molar-refractivity contribution in [2.75, 3.05) is 6.54 Å². The van der Waals surface area contributed by atoms with Crippen molar-refractivity contribution in [3.05, 3.63) is 35.4 Å². The Labute approximate surface area is 123 Å². The number of hydrogen-bond acceptors (Lipinski definition) is 3. The van der Waals surface area contributed by atoms with Gasteiger partial charge in [0.2, 0.25) is 5.91 Å². The predicted molar refractivity (Wildman–Crippen MR) is 77.9 cm³/mol. The van der Waals surface area contributed by atoms with Crippen LogP contribution in [0.4, 0.5) is 0 Å². The number of carboxylic acid groups (broad SMARTS) is 1. The number of benzene rings is 1. The molecule has 0 bridgehead atoms. The predicted octanol–water partition coefficient (Wildman–Crippen LogP) is 0.950. The molecule has 0 spiro atoms. The zero-order valence-electron chi connectivity index (χ0n) is 12.3. The SMILES string of the molecule is Cc1cccc(C(=O)NCC(=O)NC(C(=O)O)C(C)C)c1. The second kappa shape index (κ2) is 7.42. The molecule has 0 aliphatic rings. The molecule has 0 fully saturated rings. The van der Waals surface area contributed by atoms with Crippen LogP contribution in [-0.4, -0.2) is 35.5 Å². The lowest BCUT2D eigenvalue weighted by atomic mass is 10.0. The molecule has 0 aromatic heterocycles. The van der Waals surface area contributed by atoms with Crippen LogP contribution in [0.2, 0.25) is 0 Å². The normalized spacial score (nSPS) is 11.8. The Morgan fingerprint density at radius 3 is 2.43 bits per heavy atom. The van der Waals surface area contributed by atoms with Gasteiger partial charge in [-0.3, -0.25) is 9.59 Å². The first-order valence-corrected chi connectivity index (χ1v) is 6.68. The maximum absolute atomic E-state index is 11.8. The maximum atomic E-state index is 11.8. The van der Waals surface area contributed by atoms with Crippen molar-refractivity contribution < 1.29 is 19.5 Å². The summed E-state index contributed by atoms with van der Waals surface area (Å²) in [6, 6.07) is 6.01. The van der Waals surface area contributed by atoms with Crippen molar-refractivity contribution in [3.63, 3.8) is 0 Å². The molecule has 6 heteroatoms. The topological polar surface area (TPSA) is 95.5 Å². The first kappa shape index (κ1) is 16.7. The third-order valence-corrected chi connectivity index (χ3v) is 2.94. The first-order valence-electron chi connectivity index (χ1n) is 6.68. The molecule has 0 radical (unpaired) electrons. The highest BCUT2D eigenvalue weighted by Gasteiger charge is 2.23.